The second kappa shape index (κ2) is 8.24. The molecule has 4 aromatic rings. The molecule has 7 heteroatoms. The number of nitrogens with one attached hydrogen (secondary N) is 1. The predicted molar refractivity (Wildman–Crippen MR) is 113 cm³/mol. The summed E-state index contributed by atoms with van der Waals surface area (Å²) in [5.41, 5.74) is 3.13. The van der Waals surface area contributed by atoms with Crippen LogP contribution < -0.4 is 14.8 Å². The SMILES string of the molecule is COc1ccc(Nc2ncnc3scc(-c4ccccc4)c23)cc1OC.Cl. The zero-order chi connectivity index (χ0) is 17.9. The first kappa shape index (κ1) is 18.9. The Hall–Kier alpha value is -2.83. The highest BCUT2D eigenvalue weighted by Crippen LogP contribution is 2.38. The number of thiophene rings is 1. The third kappa shape index (κ3) is 3.67. The van der Waals surface area contributed by atoms with Gasteiger partial charge < -0.3 is 14.8 Å². The standard InChI is InChI=1S/C20H17N3O2S.ClH/c1-24-16-9-8-14(10-17(16)25-2)23-19-18-15(13-6-4-3-5-7-13)11-26-20(18)22-12-21-19;/h3-12H,1-2H3,(H,21,22,23);1H. The first-order valence-corrected chi connectivity index (χ1v) is 8.95. The van der Waals surface area contributed by atoms with Crippen LogP contribution in [0.5, 0.6) is 11.5 Å². The summed E-state index contributed by atoms with van der Waals surface area (Å²) in [7, 11) is 3.24. The number of hydrogen-bond acceptors (Lipinski definition) is 6. The van der Waals surface area contributed by atoms with Crippen molar-refractivity contribution in [2.24, 2.45) is 0 Å². The number of fused-ring (bicyclic) bond motifs is 1. The summed E-state index contributed by atoms with van der Waals surface area (Å²) in [5, 5.41) is 6.52. The van der Waals surface area contributed by atoms with Crippen LogP contribution in [0, 0.1) is 0 Å². The quantitative estimate of drug-likeness (QED) is 0.477. The fourth-order valence-corrected chi connectivity index (χ4v) is 3.77. The minimum Gasteiger partial charge on any atom is -0.493 e. The van der Waals surface area contributed by atoms with Crippen molar-refractivity contribution in [1.29, 1.82) is 0 Å². The average molecular weight is 400 g/mol. The highest BCUT2D eigenvalue weighted by atomic mass is 35.5. The number of anilines is 2. The van der Waals surface area contributed by atoms with E-state index in [0.29, 0.717) is 11.5 Å². The summed E-state index contributed by atoms with van der Waals surface area (Å²) in [6.07, 6.45) is 1.58. The molecule has 0 spiro atoms. The van der Waals surface area contributed by atoms with Gasteiger partial charge in [-0.3, -0.25) is 0 Å². The Morgan fingerprint density at radius 3 is 2.44 bits per heavy atom. The highest BCUT2D eigenvalue weighted by molar-refractivity contribution is 7.17. The van der Waals surface area contributed by atoms with Crippen LogP contribution >= 0.6 is 23.7 Å². The molecule has 2 aromatic heterocycles. The van der Waals surface area contributed by atoms with Crippen LogP contribution in [0.3, 0.4) is 0 Å². The molecule has 4 rings (SSSR count). The molecular weight excluding hydrogens is 382 g/mol. The lowest BCUT2D eigenvalue weighted by molar-refractivity contribution is 0.355. The molecule has 5 nitrogen and oxygen atoms in total. The van der Waals surface area contributed by atoms with Crippen LogP contribution in [0.1, 0.15) is 0 Å². The second-order valence-electron chi connectivity index (χ2n) is 5.61. The number of hydrogen-bond donors (Lipinski definition) is 1. The molecule has 0 saturated carbocycles. The van der Waals surface area contributed by atoms with Gasteiger partial charge in [-0.25, -0.2) is 9.97 Å². The minimum absolute atomic E-state index is 0. The molecule has 138 valence electrons. The molecule has 0 bridgehead atoms. The molecule has 2 heterocycles. The third-order valence-corrected chi connectivity index (χ3v) is 4.99. The Kier molecular flexibility index (Phi) is 5.78. The van der Waals surface area contributed by atoms with Crippen LogP contribution in [0.4, 0.5) is 11.5 Å². The highest BCUT2D eigenvalue weighted by Gasteiger charge is 2.14. The maximum Gasteiger partial charge on any atom is 0.162 e. The van der Waals surface area contributed by atoms with Crippen molar-refractivity contribution in [3.63, 3.8) is 0 Å². The first-order valence-electron chi connectivity index (χ1n) is 8.07. The predicted octanol–water partition coefficient (Wildman–Crippen LogP) is 5.54. The summed E-state index contributed by atoms with van der Waals surface area (Å²) < 4.78 is 10.7. The van der Waals surface area contributed by atoms with Crippen LogP contribution in [0.25, 0.3) is 21.3 Å². The van der Waals surface area contributed by atoms with Crippen molar-refractivity contribution in [3.8, 4) is 22.6 Å². The molecule has 0 aliphatic heterocycles. The molecule has 0 radical (unpaired) electrons. The Bertz CT molecular complexity index is 1050. The Labute approximate surface area is 167 Å². The number of aromatic nitrogens is 2. The van der Waals surface area contributed by atoms with E-state index in [9.17, 15) is 0 Å². The van der Waals surface area contributed by atoms with Crippen molar-refractivity contribution in [2.45, 2.75) is 0 Å². The Balaban J connectivity index is 0.00000210. The molecule has 0 unspecified atom stereocenters. The normalized spacial score (nSPS) is 10.3. The van der Waals surface area contributed by atoms with Gasteiger partial charge in [0.05, 0.1) is 19.6 Å². The number of nitrogens with zero attached hydrogens (tertiary/aromatic N) is 2. The van der Waals surface area contributed by atoms with Gasteiger partial charge in [-0.1, -0.05) is 30.3 Å². The van der Waals surface area contributed by atoms with E-state index in [4.69, 9.17) is 9.47 Å². The Morgan fingerprint density at radius 2 is 1.70 bits per heavy atom. The van der Waals surface area contributed by atoms with Gasteiger partial charge in [-0.05, 0) is 17.7 Å². The van der Waals surface area contributed by atoms with E-state index < -0.39 is 0 Å². The third-order valence-electron chi connectivity index (χ3n) is 4.10. The molecule has 1 N–H and O–H groups in total. The summed E-state index contributed by atoms with van der Waals surface area (Å²) in [5.74, 6) is 2.12. The lowest BCUT2D eigenvalue weighted by Gasteiger charge is -2.12. The zero-order valence-corrected chi connectivity index (χ0v) is 16.4. The minimum atomic E-state index is 0. The van der Waals surface area contributed by atoms with Gasteiger partial charge in [0.25, 0.3) is 0 Å². The van der Waals surface area contributed by atoms with Gasteiger partial charge in [-0.2, -0.15) is 0 Å². The molecule has 0 aliphatic carbocycles. The van der Waals surface area contributed by atoms with E-state index >= 15 is 0 Å². The van der Waals surface area contributed by atoms with E-state index in [0.717, 1.165) is 32.8 Å². The van der Waals surface area contributed by atoms with Gasteiger partial charge in [0.15, 0.2) is 11.5 Å². The monoisotopic (exact) mass is 399 g/mol. The number of halogens is 1. The van der Waals surface area contributed by atoms with Crippen LogP contribution in [0.15, 0.2) is 60.2 Å². The molecule has 0 atom stereocenters. The molecule has 0 amide bonds. The van der Waals surface area contributed by atoms with Crippen molar-refractivity contribution in [2.75, 3.05) is 19.5 Å². The smallest absolute Gasteiger partial charge is 0.162 e. The molecule has 0 saturated heterocycles. The van der Waals surface area contributed by atoms with Crippen LogP contribution in [-0.4, -0.2) is 24.2 Å². The van der Waals surface area contributed by atoms with Gasteiger partial charge in [-0.15, -0.1) is 23.7 Å². The van der Waals surface area contributed by atoms with Gasteiger partial charge in [0, 0.05) is 22.7 Å². The van der Waals surface area contributed by atoms with Crippen LogP contribution in [0.2, 0.25) is 0 Å². The zero-order valence-electron chi connectivity index (χ0n) is 14.8. The summed E-state index contributed by atoms with van der Waals surface area (Å²) in [6, 6.07) is 15.9. The molecule has 2 aromatic carbocycles. The summed E-state index contributed by atoms with van der Waals surface area (Å²) in [6.45, 7) is 0. The van der Waals surface area contributed by atoms with E-state index in [2.05, 4.69) is 32.8 Å². The molecule has 0 aliphatic rings. The topological polar surface area (TPSA) is 56.3 Å². The average Bonchev–Trinajstić information content (AvgIpc) is 3.14. The number of rotatable bonds is 5. The number of ether oxygens (including phenoxy) is 2. The fourth-order valence-electron chi connectivity index (χ4n) is 2.85. The fraction of sp³-hybridized carbons (Fsp3) is 0.100. The van der Waals surface area contributed by atoms with Gasteiger partial charge in [0.1, 0.15) is 17.0 Å². The van der Waals surface area contributed by atoms with Gasteiger partial charge in [0.2, 0.25) is 0 Å². The number of methoxy groups -OCH3 is 2. The maximum atomic E-state index is 5.38. The van der Waals surface area contributed by atoms with Crippen LogP contribution in [-0.2, 0) is 0 Å². The van der Waals surface area contributed by atoms with E-state index in [1.807, 2.05) is 36.4 Å². The maximum absolute atomic E-state index is 5.38. The summed E-state index contributed by atoms with van der Waals surface area (Å²) >= 11 is 1.61. The van der Waals surface area contributed by atoms with Crippen molar-refractivity contribution < 1.29 is 9.47 Å². The van der Waals surface area contributed by atoms with E-state index in [1.54, 1.807) is 31.9 Å². The number of benzene rings is 2. The lowest BCUT2D eigenvalue weighted by Crippen LogP contribution is -1.97. The summed E-state index contributed by atoms with van der Waals surface area (Å²) in [4.78, 5) is 9.83. The molecular formula is C20H18ClN3O2S. The van der Waals surface area contributed by atoms with Crippen molar-refractivity contribution in [1.82, 2.24) is 9.97 Å². The first-order chi connectivity index (χ1) is 12.8. The van der Waals surface area contributed by atoms with E-state index in [1.165, 1.54) is 0 Å². The molecule has 0 fully saturated rings. The van der Waals surface area contributed by atoms with E-state index in [-0.39, 0.29) is 12.4 Å². The lowest BCUT2D eigenvalue weighted by atomic mass is 10.1. The van der Waals surface area contributed by atoms with Crippen molar-refractivity contribution in [3.05, 3.63) is 60.2 Å². The van der Waals surface area contributed by atoms with Crippen molar-refractivity contribution >= 4 is 45.5 Å². The Morgan fingerprint density at radius 1 is 0.926 bits per heavy atom. The second-order valence-corrected chi connectivity index (χ2v) is 6.47. The molecule has 27 heavy (non-hydrogen) atoms. The van der Waals surface area contributed by atoms with Gasteiger partial charge >= 0.3 is 0 Å². The largest absolute Gasteiger partial charge is 0.493 e.